The summed E-state index contributed by atoms with van der Waals surface area (Å²) in [6, 6.07) is 7.87. The first-order valence-electron chi connectivity index (χ1n) is 7.06. The van der Waals surface area contributed by atoms with Crippen LogP contribution in [0, 0.1) is 0 Å². The number of benzene rings is 1. The van der Waals surface area contributed by atoms with Gasteiger partial charge in [-0.3, -0.25) is 0 Å². The van der Waals surface area contributed by atoms with Gasteiger partial charge in [0.05, 0.1) is 24.8 Å². The first-order chi connectivity index (χ1) is 9.65. The van der Waals surface area contributed by atoms with Crippen molar-refractivity contribution in [2.45, 2.75) is 39.3 Å². The molecule has 1 heterocycles. The first kappa shape index (κ1) is 14.6. The van der Waals surface area contributed by atoms with E-state index in [0.29, 0.717) is 6.61 Å². The quantitative estimate of drug-likeness (QED) is 0.879. The van der Waals surface area contributed by atoms with Crippen LogP contribution in [-0.4, -0.2) is 21.3 Å². The molecule has 0 fully saturated rings. The standard InChI is InChI=1S/C16H22N2O2/c1-4-9-20-15-8-6-5-7-13(15)16(19)14-10-17-11-18(14)12(2)3/h5-8,10-12,16,19H,4,9H2,1-3H3. The number of hydrogen-bond donors (Lipinski definition) is 1. The number of para-hydroxylation sites is 1. The second-order valence-electron chi connectivity index (χ2n) is 5.11. The molecule has 108 valence electrons. The Kier molecular flexibility index (Phi) is 4.79. The summed E-state index contributed by atoms with van der Waals surface area (Å²) in [4.78, 5) is 4.14. The van der Waals surface area contributed by atoms with Gasteiger partial charge in [-0.25, -0.2) is 4.98 Å². The monoisotopic (exact) mass is 274 g/mol. The molecule has 4 heteroatoms. The number of aliphatic hydroxyl groups is 1. The highest BCUT2D eigenvalue weighted by Crippen LogP contribution is 2.30. The molecular formula is C16H22N2O2. The van der Waals surface area contributed by atoms with Crippen LogP contribution in [0.2, 0.25) is 0 Å². The maximum absolute atomic E-state index is 10.6. The Morgan fingerprint density at radius 3 is 2.75 bits per heavy atom. The van der Waals surface area contributed by atoms with Crippen molar-refractivity contribution in [3.63, 3.8) is 0 Å². The van der Waals surface area contributed by atoms with Crippen LogP contribution in [0.4, 0.5) is 0 Å². The third kappa shape index (κ3) is 3.02. The molecule has 2 aromatic rings. The molecule has 0 saturated heterocycles. The van der Waals surface area contributed by atoms with Gasteiger partial charge in [-0.05, 0) is 26.3 Å². The smallest absolute Gasteiger partial charge is 0.125 e. The summed E-state index contributed by atoms with van der Waals surface area (Å²) in [7, 11) is 0. The highest BCUT2D eigenvalue weighted by Gasteiger charge is 2.19. The Hall–Kier alpha value is -1.81. The van der Waals surface area contributed by atoms with Gasteiger partial charge >= 0.3 is 0 Å². The van der Waals surface area contributed by atoms with Crippen LogP contribution in [-0.2, 0) is 0 Å². The maximum Gasteiger partial charge on any atom is 0.125 e. The van der Waals surface area contributed by atoms with Gasteiger partial charge in [0.25, 0.3) is 0 Å². The van der Waals surface area contributed by atoms with Gasteiger partial charge in [0.1, 0.15) is 11.9 Å². The summed E-state index contributed by atoms with van der Waals surface area (Å²) in [5, 5.41) is 10.6. The zero-order valence-corrected chi connectivity index (χ0v) is 12.3. The van der Waals surface area contributed by atoms with Crippen LogP contribution in [0.15, 0.2) is 36.8 Å². The summed E-state index contributed by atoms with van der Waals surface area (Å²) in [5.41, 5.74) is 1.57. The zero-order chi connectivity index (χ0) is 14.5. The van der Waals surface area contributed by atoms with Gasteiger partial charge in [-0.15, -0.1) is 0 Å². The molecule has 0 aliphatic carbocycles. The minimum atomic E-state index is -0.729. The average Bonchev–Trinajstić information content (AvgIpc) is 2.94. The largest absolute Gasteiger partial charge is 0.493 e. The number of hydrogen-bond acceptors (Lipinski definition) is 3. The second-order valence-corrected chi connectivity index (χ2v) is 5.11. The van der Waals surface area contributed by atoms with Crippen molar-refractivity contribution in [2.75, 3.05) is 6.61 Å². The van der Waals surface area contributed by atoms with Gasteiger partial charge in [0.15, 0.2) is 0 Å². The van der Waals surface area contributed by atoms with Crippen molar-refractivity contribution in [3.05, 3.63) is 48.0 Å². The highest BCUT2D eigenvalue weighted by molar-refractivity contribution is 5.38. The lowest BCUT2D eigenvalue weighted by atomic mass is 10.1. The third-order valence-corrected chi connectivity index (χ3v) is 3.21. The Bertz CT molecular complexity index is 549. The van der Waals surface area contributed by atoms with E-state index in [-0.39, 0.29) is 6.04 Å². The van der Waals surface area contributed by atoms with E-state index in [9.17, 15) is 5.11 Å². The molecule has 0 saturated carbocycles. The Labute approximate surface area is 120 Å². The number of rotatable bonds is 6. The summed E-state index contributed by atoms with van der Waals surface area (Å²) in [6.45, 7) is 6.84. The predicted octanol–water partition coefficient (Wildman–Crippen LogP) is 3.33. The minimum Gasteiger partial charge on any atom is -0.493 e. The summed E-state index contributed by atoms with van der Waals surface area (Å²) >= 11 is 0. The van der Waals surface area contributed by atoms with Gasteiger partial charge in [0, 0.05) is 11.6 Å². The molecule has 0 spiro atoms. The van der Waals surface area contributed by atoms with Crippen LogP contribution in [0.5, 0.6) is 5.75 Å². The molecule has 0 bridgehead atoms. The molecule has 4 nitrogen and oxygen atoms in total. The number of aromatic nitrogens is 2. The second kappa shape index (κ2) is 6.57. The van der Waals surface area contributed by atoms with Crippen molar-refractivity contribution in [1.29, 1.82) is 0 Å². The fraction of sp³-hybridized carbons (Fsp3) is 0.438. The molecule has 1 aromatic carbocycles. The fourth-order valence-corrected chi connectivity index (χ4v) is 2.17. The number of aliphatic hydroxyl groups excluding tert-OH is 1. The van der Waals surface area contributed by atoms with E-state index in [1.54, 1.807) is 12.5 Å². The van der Waals surface area contributed by atoms with E-state index in [1.165, 1.54) is 0 Å². The molecule has 0 radical (unpaired) electrons. The number of imidazole rings is 1. The number of nitrogens with zero attached hydrogens (tertiary/aromatic N) is 2. The molecule has 20 heavy (non-hydrogen) atoms. The van der Waals surface area contributed by atoms with Crippen LogP contribution in [0.3, 0.4) is 0 Å². The van der Waals surface area contributed by atoms with Crippen LogP contribution < -0.4 is 4.74 Å². The molecule has 1 N–H and O–H groups in total. The van der Waals surface area contributed by atoms with Crippen LogP contribution >= 0.6 is 0 Å². The molecule has 0 amide bonds. The average molecular weight is 274 g/mol. The van der Waals surface area contributed by atoms with Gasteiger partial charge in [-0.2, -0.15) is 0 Å². The van der Waals surface area contributed by atoms with Crippen LogP contribution in [0.1, 0.15) is 50.6 Å². The Morgan fingerprint density at radius 1 is 1.30 bits per heavy atom. The predicted molar refractivity (Wildman–Crippen MR) is 78.9 cm³/mol. The molecule has 1 aromatic heterocycles. The Balaban J connectivity index is 2.33. The van der Waals surface area contributed by atoms with E-state index in [1.807, 2.05) is 28.8 Å². The topological polar surface area (TPSA) is 47.3 Å². The minimum absolute atomic E-state index is 0.255. The van der Waals surface area contributed by atoms with Crippen molar-refractivity contribution in [2.24, 2.45) is 0 Å². The van der Waals surface area contributed by atoms with E-state index in [2.05, 4.69) is 25.8 Å². The summed E-state index contributed by atoms with van der Waals surface area (Å²) < 4.78 is 7.69. The summed E-state index contributed by atoms with van der Waals surface area (Å²) in [5.74, 6) is 0.735. The zero-order valence-electron chi connectivity index (χ0n) is 12.3. The van der Waals surface area contributed by atoms with Crippen LogP contribution in [0.25, 0.3) is 0 Å². The van der Waals surface area contributed by atoms with Crippen molar-refractivity contribution in [3.8, 4) is 5.75 Å². The molecule has 2 rings (SSSR count). The van der Waals surface area contributed by atoms with Crippen molar-refractivity contribution < 1.29 is 9.84 Å². The lowest BCUT2D eigenvalue weighted by molar-refractivity contribution is 0.199. The van der Waals surface area contributed by atoms with Gasteiger partial charge < -0.3 is 14.4 Å². The Morgan fingerprint density at radius 2 is 2.05 bits per heavy atom. The number of ether oxygens (including phenoxy) is 1. The maximum atomic E-state index is 10.6. The third-order valence-electron chi connectivity index (χ3n) is 3.21. The molecule has 0 aliphatic heterocycles. The van der Waals surface area contributed by atoms with Gasteiger partial charge in [-0.1, -0.05) is 25.1 Å². The fourth-order valence-electron chi connectivity index (χ4n) is 2.17. The summed E-state index contributed by atoms with van der Waals surface area (Å²) in [6.07, 6.45) is 3.67. The molecule has 1 atom stereocenters. The molecular weight excluding hydrogens is 252 g/mol. The normalized spacial score (nSPS) is 12.7. The van der Waals surface area contributed by atoms with E-state index in [0.717, 1.165) is 23.4 Å². The molecule has 1 unspecified atom stereocenters. The van der Waals surface area contributed by atoms with E-state index < -0.39 is 6.10 Å². The first-order valence-corrected chi connectivity index (χ1v) is 7.06. The van der Waals surface area contributed by atoms with Crippen molar-refractivity contribution in [1.82, 2.24) is 9.55 Å². The van der Waals surface area contributed by atoms with E-state index >= 15 is 0 Å². The SMILES string of the molecule is CCCOc1ccccc1C(O)c1cncn1C(C)C. The lowest BCUT2D eigenvalue weighted by Crippen LogP contribution is -2.11. The lowest BCUT2D eigenvalue weighted by Gasteiger charge is -2.19. The van der Waals surface area contributed by atoms with Crippen molar-refractivity contribution >= 4 is 0 Å². The van der Waals surface area contributed by atoms with E-state index in [4.69, 9.17) is 4.74 Å². The highest BCUT2D eigenvalue weighted by atomic mass is 16.5. The molecule has 0 aliphatic rings. The van der Waals surface area contributed by atoms with Gasteiger partial charge in [0.2, 0.25) is 0 Å².